The van der Waals surface area contributed by atoms with Gasteiger partial charge in [0, 0.05) is 5.39 Å². The highest BCUT2D eigenvalue weighted by Crippen LogP contribution is 2.24. The fourth-order valence-electron chi connectivity index (χ4n) is 1.89. The molecule has 0 saturated carbocycles. The highest BCUT2D eigenvalue weighted by atomic mass is 32.2. The molecule has 0 spiro atoms. The fraction of sp³-hybridized carbons (Fsp3) is 0.0588. The number of thiol groups is 1. The highest BCUT2D eigenvalue weighted by molar-refractivity contribution is 7.67. The Hall–Kier alpha value is -2.33. The molecule has 21 heavy (non-hydrogen) atoms. The second kappa shape index (κ2) is 7.45. The van der Waals surface area contributed by atoms with Crippen molar-refractivity contribution in [1.29, 1.82) is 0 Å². The molecule has 0 unspecified atom stereocenters. The monoisotopic (exact) mass is 300 g/mol. The normalized spacial score (nSPS) is 10.0. The molecule has 3 nitrogen and oxygen atoms in total. The van der Waals surface area contributed by atoms with E-state index in [1.54, 1.807) is 12.1 Å². The first-order valence-corrected chi connectivity index (χ1v) is 7.58. The molecule has 0 aliphatic carbocycles. The number of hydrogen-bond donors (Lipinski definition) is 1. The summed E-state index contributed by atoms with van der Waals surface area (Å²) in [6, 6.07) is 23.0. The van der Waals surface area contributed by atoms with Crippen molar-refractivity contribution in [3.05, 3.63) is 78.4 Å². The zero-order valence-corrected chi connectivity index (χ0v) is 12.5. The molecule has 0 heterocycles. The summed E-state index contributed by atoms with van der Waals surface area (Å²) < 4.78 is 25.5. The van der Waals surface area contributed by atoms with Gasteiger partial charge in [-0.1, -0.05) is 72.3 Å². The van der Waals surface area contributed by atoms with Crippen molar-refractivity contribution in [2.75, 3.05) is 0 Å². The SMILES string of the molecule is Cc1ccccc1.O=[SH](=O)Oc1cccc2ccccc12. The lowest BCUT2D eigenvalue weighted by Gasteiger charge is -2.02. The molecule has 3 aromatic rings. The van der Waals surface area contributed by atoms with E-state index < -0.39 is 11.0 Å². The Morgan fingerprint density at radius 1 is 0.762 bits per heavy atom. The van der Waals surface area contributed by atoms with Gasteiger partial charge in [0.2, 0.25) is 0 Å². The average Bonchev–Trinajstić information content (AvgIpc) is 2.49. The highest BCUT2D eigenvalue weighted by Gasteiger charge is 2.00. The standard InChI is InChI=1S/C10H8O3S.C7H8/c11-14(12)13-10-7-3-5-8-4-1-2-6-9(8)10;1-7-5-3-2-4-6-7/h1-7,14H;2-6H,1H3. The molecule has 0 aliphatic heterocycles. The third-order valence-corrected chi connectivity index (χ3v) is 3.21. The van der Waals surface area contributed by atoms with Crippen molar-refractivity contribution >= 4 is 21.8 Å². The molecule has 0 atom stereocenters. The zero-order valence-electron chi connectivity index (χ0n) is 11.6. The van der Waals surface area contributed by atoms with Crippen molar-refractivity contribution in [3.63, 3.8) is 0 Å². The second-order valence-electron chi connectivity index (χ2n) is 4.45. The van der Waals surface area contributed by atoms with Crippen LogP contribution in [-0.4, -0.2) is 8.42 Å². The van der Waals surface area contributed by atoms with E-state index in [0.717, 1.165) is 10.8 Å². The van der Waals surface area contributed by atoms with E-state index in [-0.39, 0.29) is 0 Å². The Balaban J connectivity index is 0.000000194. The molecular weight excluding hydrogens is 284 g/mol. The second-order valence-corrected chi connectivity index (χ2v) is 5.08. The Kier molecular flexibility index (Phi) is 5.35. The Labute approximate surface area is 126 Å². The molecule has 0 aliphatic rings. The van der Waals surface area contributed by atoms with Gasteiger partial charge in [0.15, 0.2) is 0 Å². The summed E-state index contributed by atoms with van der Waals surface area (Å²) in [5, 5.41) is 1.76. The van der Waals surface area contributed by atoms with Gasteiger partial charge in [-0.05, 0) is 18.4 Å². The van der Waals surface area contributed by atoms with Gasteiger partial charge < -0.3 is 4.18 Å². The van der Waals surface area contributed by atoms with Crippen LogP contribution in [0.15, 0.2) is 72.8 Å². The Morgan fingerprint density at radius 2 is 1.38 bits per heavy atom. The van der Waals surface area contributed by atoms with Crippen molar-refractivity contribution < 1.29 is 12.6 Å². The van der Waals surface area contributed by atoms with Gasteiger partial charge in [0.05, 0.1) is 0 Å². The number of aryl methyl sites for hydroxylation is 1. The summed E-state index contributed by atoms with van der Waals surface area (Å²) >= 11 is 0. The van der Waals surface area contributed by atoms with Gasteiger partial charge in [-0.15, -0.1) is 0 Å². The third-order valence-electron chi connectivity index (χ3n) is 2.86. The first-order chi connectivity index (χ1) is 10.2. The number of hydrogen-bond acceptors (Lipinski definition) is 3. The van der Waals surface area contributed by atoms with Crippen molar-refractivity contribution in [2.45, 2.75) is 6.92 Å². The largest absolute Gasteiger partial charge is 0.384 e. The maximum Gasteiger partial charge on any atom is 0.299 e. The van der Waals surface area contributed by atoms with Crippen LogP contribution in [0.25, 0.3) is 10.8 Å². The van der Waals surface area contributed by atoms with Crippen LogP contribution in [0, 0.1) is 6.92 Å². The number of benzene rings is 3. The lowest BCUT2D eigenvalue weighted by atomic mass is 10.1. The van der Waals surface area contributed by atoms with Crippen LogP contribution in [0.5, 0.6) is 5.75 Å². The molecule has 0 fully saturated rings. The molecule has 3 aromatic carbocycles. The minimum Gasteiger partial charge on any atom is -0.384 e. The van der Waals surface area contributed by atoms with Crippen LogP contribution >= 0.6 is 0 Å². The van der Waals surface area contributed by atoms with Crippen LogP contribution in [0.2, 0.25) is 0 Å². The summed E-state index contributed by atoms with van der Waals surface area (Å²) in [7, 11) is -2.85. The molecule has 108 valence electrons. The molecular formula is C17H16O3S. The lowest BCUT2D eigenvalue weighted by Crippen LogP contribution is -1.90. The van der Waals surface area contributed by atoms with Crippen molar-refractivity contribution in [3.8, 4) is 5.75 Å². The first kappa shape index (κ1) is 15.1. The van der Waals surface area contributed by atoms with Crippen molar-refractivity contribution in [1.82, 2.24) is 0 Å². The summed E-state index contributed by atoms with van der Waals surface area (Å²) in [4.78, 5) is 0. The quantitative estimate of drug-likeness (QED) is 0.733. The van der Waals surface area contributed by atoms with E-state index >= 15 is 0 Å². The van der Waals surface area contributed by atoms with Gasteiger partial charge in [-0.25, -0.2) is 0 Å². The van der Waals surface area contributed by atoms with E-state index in [1.165, 1.54) is 5.56 Å². The van der Waals surface area contributed by atoms with Gasteiger partial charge in [-0.2, -0.15) is 8.42 Å². The maximum absolute atomic E-state index is 10.4. The first-order valence-electron chi connectivity index (χ1n) is 6.48. The van der Waals surface area contributed by atoms with E-state index in [4.69, 9.17) is 0 Å². The number of fused-ring (bicyclic) bond motifs is 1. The summed E-state index contributed by atoms with van der Waals surface area (Å²) in [5.41, 5.74) is 1.32. The van der Waals surface area contributed by atoms with E-state index in [0.29, 0.717) is 5.75 Å². The van der Waals surface area contributed by atoms with Gasteiger partial charge in [-0.3, -0.25) is 0 Å². The Morgan fingerprint density at radius 3 is 2.00 bits per heavy atom. The molecule has 0 aromatic heterocycles. The van der Waals surface area contributed by atoms with Crippen LogP contribution < -0.4 is 4.18 Å². The summed E-state index contributed by atoms with van der Waals surface area (Å²) in [6.45, 7) is 2.08. The fourth-order valence-corrected chi connectivity index (χ4v) is 2.21. The molecule has 3 rings (SSSR count). The Bertz CT molecular complexity index is 767. The predicted octanol–water partition coefficient (Wildman–Crippen LogP) is 3.74. The lowest BCUT2D eigenvalue weighted by molar-refractivity contribution is 0.513. The topological polar surface area (TPSA) is 43.4 Å². The summed E-state index contributed by atoms with van der Waals surface area (Å²) in [5.74, 6) is 0.374. The van der Waals surface area contributed by atoms with Crippen LogP contribution in [0.4, 0.5) is 0 Å². The van der Waals surface area contributed by atoms with Gasteiger partial charge in [0.1, 0.15) is 5.75 Å². The minimum absolute atomic E-state index is 0.374. The van der Waals surface area contributed by atoms with E-state index in [9.17, 15) is 8.42 Å². The molecule has 0 N–H and O–H groups in total. The smallest absolute Gasteiger partial charge is 0.299 e. The maximum atomic E-state index is 10.4. The molecule has 0 bridgehead atoms. The van der Waals surface area contributed by atoms with Crippen molar-refractivity contribution in [2.24, 2.45) is 0 Å². The summed E-state index contributed by atoms with van der Waals surface area (Å²) in [6.07, 6.45) is 0. The minimum atomic E-state index is -2.85. The zero-order chi connectivity index (χ0) is 15.1. The third kappa shape index (κ3) is 4.61. The average molecular weight is 300 g/mol. The van der Waals surface area contributed by atoms with Gasteiger partial charge >= 0.3 is 0 Å². The molecule has 4 heteroatoms. The number of rotatable bonds is 2. The predicted molar refractivity (Wildman–Crippen MR) is 86.1 cm³/mol. The molecule has 0 amide bonds. The van der Waals surface area contributed by atoms with Crippen LogP contribution in [0.3, 0.4) is 0 Å². The van der Waals surface area contributed by atoms with Gasteiger partial charge in [0.25, 0.3) is 11.0 Å². The molecule has 0 saturated heterocycles. The van der Waals surface area contributed by atoms with E-state index in [2.05, 4.69) is 23.2 Å². The molecule has 0 radical (unpaired) electrons. The van der Waals surface area contributed by atoms with Crippen LogP contribution in [-0.2, 0) is 11.0 Å². The van der Waals surface area contributed by atoms with E-state index in [1.807, 2.05) is 48.5 Å². The van der Waals surface area contributed by atoms with Crippen LogP contribution in [0.1, 0.15) is 5.56 Å².